The number of hydrogen-bond acceptors (Lipinski definition) is 7. The van der Waals surface area contributed by atoms with E-state index >= 15 is 0 Å². The lowest BCUT2D eigenvalue weighted by atomic mass is 10.0. The van der Waals surface area contributed by atoms with Crippen LogP contribution in [-0.4, -0.2) is 45.9 Å². The molecule has 1 amide bonds. The van der Waals surface area contributed by atoms with Gasteiger partial charge in [0.25, 0.3) is 11.5 Å². The summed E-state index contributed by atoms with van der Waals surface area (Å²) in [4.78, 5) is 33.7. The lowest BCUT2D eigenvalue weighted by Crippen LogP contribution is -2.48. The normalized spacial score (nSPS) is 16.3. The van der Waals surface area contributed by atoms with E-state index in [1.54, 1.807) is 28.5 Å². The number of halogens is 1. The number of carbonyl (C=O) groups is 1. The highest BCUT2D eigenvalue weighted by atomic mass is 32.2. The lowest BCUT2D eigenvalue weighted by Gasteiger charge is -2.39. The molecule has 1 aromatic heterocycles. The van der Waals surface area contributed by atoms with Gasteiger partial charge in [-0.05, 0) is 61.7 Å². The molecule has 0 bridgehead atoms. The van der Waals surface area contributed by atoms with Crippen LogP contribution in [0.2, 0.25) is 0 Å². The number of thiocarbonyl (C=S) groups is 1. The van der Waals surface area contributed by atoms with Crippen molar-refractivity contribution in [2.24, 2.45) is 0 Å². The molecule has 43 heavy (non-hydrogen) atoms. The molecule has 0 radical (unpaired) electrons. The topological polar surface area (TPSA) is 72.6 Å². The zero-order valence-electron chi connectivity index (χ0n) is 24.6. The van der Waals surface area contributed by atoms with Gasteiger partial charge in [-0.3, -0.25) is 19.1 Å². The maximum atomic E-state index is 13.7. The lowest BCUT2D eigenvalue weighted by molar-refractivity contribution is -0.122. The van der Waals surface area contributed by atoms with E-state index in [9.17, 15) is 19.2 Å². The number of nitrogens with zero attached hydrogens (tertiary/aromatic N) is 5. The van der Waals surface area contributed by atoms with Crippen molar-refractivity contribution in [1.29, 1.82) is 5.26 Å². The average Bonchev–Trinajstić information content (AvgIpc) is 3.27. The van der Waals surface area contributed by atoms with Crippen LogP contribution in [0.1, 0.15) is 47.6 Å². The summed E-state index contributed by atoms with van der Waals surface area (Å²) in [7, 11) is 0. The zero-order chi connectivity index (χ0) is 30.7. The molecule has 3 aromatic rings. The predicted molar refractivity (Wildman–Crippen MR) is 176 cm³/mol. The van der Waals surface area contributed by atoms with Gasteiger partial charge >= 0.3 is 0 Å². The molecule has 2 saturated heterocycles. The van der Waals surface area contributed by atoms with Crippen molar-refractivity contribution in [3.63, 3.8) is 0 Å². The number of aryl methyl sites for hydroxylation is 1. The van der Waals surface area contributed by atoms with Crippen LogP contribution < -0.4 is 15.4 Å². The maximum Gasteiger partial charge on any atom is 0.270 e. The Labute approximate surface area is 261 Å². The van der Waals surface area contributed by atoms with Crippen LogP contribution >= 0.6 is 24.0 Å². The minimum absolute atomic E-state index is 0.0891. The summed E-state index contributed by atoms with van der Waals surface area (Å²) < 4.78 is 15.7. The van der Waals surface area contributed by atoms with Crippen molar-refractivity contribution in [2.75, 3.05) is 36.0 Å². The second kappa shape index (κ2) is 13.1. The highest BCUT2D eigenvalue weighted by molar-refractivity contribution is 8.26. The first-order chi connectivity index (χ1) is 20.7. The van der Waals surface area contributed by atoms with Gasteiger partial charge in [0.05, 0.1) is 11.4 Å². The summed E-state index contributed by atoms with van der Waals surface area (Å²) >= 11 is 6.87. The fraction of sp³-hybridized carbons (Fsp3) is 0.333. The summed E-state index contributed by atoms with van der Waals surface area (Å²) in [6.45, 7) is 9.27. The molecule has 10 heteroatoms. The summed E-state index contributed by atoms with van der Waals surface area (Å²) in [6.07, 6.45) is 3.47. The van der Waals surface area contributed by atoms with Gasteiger partial charge in [0.1, 0.15) is 27.6 Å². The highest BCUT2D eigenvalue weighted by Gasteiger charge is 2.34. The number of aromatic nitrogens is 1. The Balaban J connectivity index is 1.53. The van der Waals surface area contributed by atoms with Gasteiger partial charge in [-0.25, -0.2) is 4.39 Å². The third kappa shape index (κ3) is 6.38. The Morgan fingerprint density at radius 1 is 1.00 bits per heavy atom. The minimum atomic E-state index is -0.312. The fourth-order valence-corrected chi connectivity index (χ4v) is 6.72. The zero-order valence-corrected chi connectivity index (χ0v) is 26.2. The molecule has 2 fully saturated rings. The number of pyridine rings is 1. The molecule has 0 spiro atoms. The molecule has 0 aliphatic carbocycles. The number of benzene rings is 2. The Kier molecular flexibility index (Phi) is 9.33. The molecule has 5 rings (SSSR count). The summed E-state index contributed by atoms with van der Waals surface area (Å²) in [5.41, 5.74) is 4.09. The first-order valence-electron chi connectivity index (χ1n) is 14.5. The number of piperazine rings is 1. The van der Waals surface area contributed by atoms with Gasteiger partial charge in [0.2, 0.25) is 0 Å². The number of anilines is 2. The fourth-order valence-electron chi connectivity index (χ4n) is 5.48. The van der Waals surface area contributed by atoms with Crippen molar-refractivity contribution < 1.29 is 9.18 Å². The highest BCUT2D eigenvalue weighted by Crippen LogP contribution is 2.37. The average molecular weight is 616 g/mol. The van der Waals surface area contributed by atoms with Crippen LogP contribution in [-0.2, 0) is 17.9 Å². The van der Waals surface area contributed by atoms with E-state index in [0.29, 0.717) is 59.6 Å². The van der Waals surface area contributed by atoms with Gasteiger partial charge in [0.15, 0.2) is 0 Å². The second-order valence-electron chi connectivity index (χ2n) is 10.9. The van der Waals surface area contributed by atoms with Crippen LogP contribution in [0.5, 0.6) is 0 Å². The van der Waals surface area contributed by atoms with Crippen LogP contribution in [0.15, 0.2) is 58.2 Å². The number of amides is 1. The number of thioether (sulfide) groups is 1. The molecular weight excluding hydrogens is 582 g/mol. The van der Waals surface area contributed by atoms with E-state index in [1.807, 2.05) is 37.3 Å². The number of nitriles is 1. The second-order valence-corrected chi connectivity index (χ2v) is 12.5. The van der Waals surface area contributed by atoms with E-state index in [0.717, 1.165) is 35.5 Å². The molecule has 0 N–H and O–H groups in total. The monoisotopic (exact) mass is 615 g/mol. The molecular formula is C33H34FN5O2S2. The summed E-state index contributed by atoms with van der Waals surface area (Å²) in [6, 6.07) is 16.6. The predicted octanol–water partition coefficient (Wildman–Crippen LogP) is 6.00. The van der Waals surface area contributed by atoms with E-state index in [2.05, 4.69) is 22.8 Å². The summed E-state index contributed by atoms with van der Waals surface area (Å²) in [5, 5.41) is 10.0. The van der Waals surface area contributed by atoms with Crippen molar-refractivity contribution in [3.05, 3.63) is 97.4 Å². The van der Waals surface area contributed by atoms with Gasteiger partial charge in [0, 0.05) is 44.0 Å². The minimum Gasteiger partial charge on any atom is -0.368 e. The van der Waals surface area contributed by atoms with Crippen LogP contribution in [0.4, 0.5) is 15.9 Å². The maximum absolute atomic E-state index is 13.7. The van der Waals surface area contributed by atoms with E-state index in [-0.39, 0.29) is 22.8 Å². The van der Waals surface area contributed by atoms with Crippen molar-refractivity contribution in [2.45, 2.75) is 46.7 Å². The molecule has 2 aliphatic heterocycles. The van der Waals surface area contributed by atoms with E-state index < -0.39 is 0 Å². The standard InChI is InChI=1S/C33H34FN5O2S2/c1-4-5-14-38-30(37-17-15-36(16-18-37)26-12-10-25(34)11-13-26)27(23(3)28(20-35)31(38)40)19-29-32(41)39(33(42)43-29)21-24-8-6-22(2)7-9-24/h6-13,19H,4-5,14-18,21H2,1-3H3/b29-19+. The number of hydrogen-bond donors (Lipinski definition) is 0. The van der Waals surface area contributed by atoms with Crippen molar-refractivity contribution in [1.82, 2.24) is 9.47 Å². The number of rotatable bonds is 8. The van der Waals surface area contributed by atoms with Gasteiger partial charge < -0.3 is 9.80 Å². The smallest absolute Gasteiger partial charge is 0.270 e. The Bertz CT molecular complexity index is 1670. The van der Waals surface area contributed by atoms with Gasteiger partial charge in [-0.2, -0.15) is 5.26 Å². The molecule has 2 aromatic carbocycles. The molecule has 3 heterocycles. The number of unbranched alkanes of at least 4 members (excludes halogenated alkanes) is 1. The van der Waals surface area contributed by atoms with E-state index in [1.165, 1.54) is 23.9 Å². The Hall–Kier alpha value is -3.94. The molecule has 0 saturated carbocycles. The first kappa shape index (κ1) is 30.5. The van der Waals surface area contributed by atoms with E-state index in [4.69, 9.17) is 12.2 Å². The Morgan fingerprint density at radius 3 is 2.28 bits per heavy atom. The molecule has 7 nitrogen and oxygen atoms in total. The van der Waals surface area contributed by atoms with Crippen LogP contribution in [0, 0.1) is 31.0 Å². The van der Waals surface area contributed by atoms with Crippen LogP contribution in [0.25, 0.3) is 6.08 Å². The quantitative estimate of drug-likeness (QED) is 0.227. The van der Waals surface area contributed by atoms with Gasteiger partial charge in [-0.1, -0.05) is 67.2 Å². The molecule has 0 unspecified atom stereocenters. The first-order valence-corrected chi connectivity index (χ1v) is 15.7. The molecule has 222 valence electrons. The number of carbonyl (C=O) groups excluding carboxylic acids is 1. The third-order valence-corrected chi connectivity index (χ3v) is 9.34. The van der Waals surface area contributed by atoms with Gasteiger partial charge in [-0.15, -0.1) is 0 Å². The molecule has 0 atom stereocenters. The largest absolute Gasteiger partial charge is 0.368 e. The SMILES string of the molecule is CCCCn1c(N2CCN(c3ccc(F)cc3)CC2)c(/C=C2/SC(=S)N(Cc3ccc(C)cc3)C2=O)c(C)c(C#N)c1=O. The van der Waals surface area contributed by atoms with Crippen molar-refractivity contribution >= 4 is 51.8 Å². The molecule has 2 aliphatic rings. The third-order valence-electron chi connectivity index (χ3n) is 7.96. The summed E-state index contributed by atoms with van der Waals surface area (Å²) in [5.74, 6) is 0.258. The Morgan fingerprint density at radius 2 is 1.65 bits per heavy atom. The van der Waals surface area contributed by atoms with Crippen molar-refractivity contribution in [3.8, 4) is 6.07 Å². The van der Waals surface area contributed by atoms with Crippen LogP contribution in [0.3, 0.4) is 0 Å².